The highest BCUT2D eigenvalue weighted by Crippen LogP contribution is 2.33. The van der Waals surface area contributed by atoms with Gasteiger partial charge in [-0.3, -0.25) is 4.79 Å². The zero-order valence-corrected chi connectivity index (χ0v) is 14.1. The number of nitrogens with one attached hydrogen (secondary N) is 1. The minimum absolute atomic E-state index is 0.00137. The number of carbonyl (C=O) groups excluding carboxylic acids is 1. The van der Waals surface area contributed by atoms with E-state index >= 15 is 0 Å². The first-order valence-corrected chi connectivity index (χ1v) is 7.67. The number of hydrogen-bond donors (Lipinski definition) is 2. The highest BCUT2D eigenvalue weighted by atomic mass is 35.5. The quantitative estimate of drug-likeness (QED) is 0.746. The number of nitrogens with zero attached hydrogens (tertiary/aromatic N) is 1. The third-order valence-electron chi connectivity index (χ3n) is 3.31. The lowest BCUT2D eigenvalue weighted by Gasteiger charge is -2.15. The molecule has 0 aromatic heterocycles. The Morgan fingerprint density at radius 3 is 2.59 bits per heavy atom. The van der Waals surface area contributed by atoms with Gasteiger partial charge in [0.1, 0.15) is 18.2 Å². The summed E-state index contributed by atoms with van der Waals surface area (Å²) in [4.78, 5) is 11.9. The van der Waals surface area contributed by atoms with E-state index in [1.165, 1.54) is 18.2 Å². The number of anilines is 1. The summed E-state index contributed by atoms with van der Waals surface area (Å²) in [7, 11) is 0. The van der Waals surface area contributed by atoms with Crippen LogP contribution in [0, 0.1) is 17.1 Å². The van der Waals surface area contributed by atoms with Crippen LogP contribution >= 0.6 is 11.6 Å². The fraction of sp³-hybridized carbons (Fsp3) is 0.176. The van der Waals surface area contributed by atoms with Gasteiger partial charge in [-0.2, -0.15) is 18.4 Å². The van der Waals surface area contributed by atoms with Gasteiger partial charge in [-0.25, -0.2) is 4.39 Å². The molecule has 10 heteroatoms. The van der Waals surface area contributed by atoms with E-state index in [-0.39, 0.29) is 16.5 Å². The summed E-state index contributed by atoms with van der Waals surface area (Å²) < 4.78 is 57.0. The normalized spacial score (nSPS) is 12.2. The van der Waals surface area contributed by atoms with Crippen molar-refractivity contribution in [1.29, 1.82) is 5.26 Å². The molecule has 0 radical (unpaired) electrons. The Bertz CT molecular complexity index is 897. The van der Waals surface area contributed by atoms with Gasteiger partial charge in [0.25, 0.3) is 5.91 Å². The van der Waals surface area contributed by atoms with Crippen LogP contribution in [0.15, 0.2) is 36.4 Å². The number of rotatable bonds is 5. The molecular formula is C17H11ClF4N2O3. The van der Waals surface area contributed by atoms with E-state index in [4.69, 9.17) is 21.6 Å². The summed E-state index contributed by atoms with van der Waals surface area (Å²) in [6.07, 6.45) is -6.53. The Labute approximate surface area is 155 Å². The summed E-state index contributed by atoms with van der Waals surface area (Å²) in [6, 6.07) is 7.46. The third-order valence-corrected chi connectivity index (χ3v) is 3.62. The minimum atomic E-state index is -4.79. The largest absolute Gasteiger partial charge is 0.490 e. The molecule has 0 aliphatic rings. The number of hydrogen-bond acceptors (Lipinski definition) is 4. The second kappa shape index (κ2) is 8.24. The highest BCUT2D eigenvalue weighted by molar-refractivity contribution is 6.30. The summed E-state index contributed by atoms with van der Waals surface area (Å²) in [5.74, 6) is -1.80. The van der Waals surface area contributed by atoms with Crippen LogP contribution < -0.4 is 10.1 Å². The van der Waals surface area contributed by atoms with Gasteiger partial charge in [0.05, 0.1) is 22.2 Å². The van der Waals surface area contributed by atoms with Crippen molar-refractivity contribution < 1.29 is 32.2 Å². The SMILES string of the molecule is N#Cc1ccc(NC(=O)C(O)COc2ccc(Cl)c(F)c2)cc1C(F)(F)F. The average Bonchev–Trinajstić information content (AvgIpc) is 2.61. The fourth-order valence-corrected chi connectivity index (χ4v) is 2.11. The van der Waals surface area contributed by atoms with Crippen LogP contribution in [0.3, 0.4) is 0 Å². The number of amides is 1. The van der Waals surface area contributed by atoms with Gasteiger partial charge in [-0.1, -0.05) is 11.6 Å². The summed E-state index contributed by atoms with van der Waals surface area (Å²) >= 11 is 5.51. The fourth-order valence-electron chi connectivity index (χ4n) is 2.00. The molecule has 27 heavy (non-hydrogen) atoms. The van der Waals surface area contributed by atoms with E-state index in [1.807, 2.05) is 0 Å². The molecule has 1 unspecified atom stereocenters. The molecule has 0 heterocycles. The van der Waals surface area contributed by atoms with E-state index in [2.05, 4.69) is 5.32 Å². The van der Waals surface area contributed by atoms with Crippen LogP contribution in [-0.2, 0) is 11.0 Å². The Morgan fingerprint density at radius 2 is 2.00 bits per heavy atom. The Kier molecular flexibility index (Phi) is 6.25. The van der Waals surface area contributed by atoms with Gasteiger partial charge in [-0.05, 0) is 30.3 Å². The van der Waals surface area contributed by atoms with Crippen molar-refractivity contribution in [3.63, 3.8) is 0 Å². The number of aliphatic hydroxyl groups excluding tert-OH is 1. The van der Waals surface area contributed by atoms with E-state index in [1.54, 1.807) is 0 Å². The molecular weight excluding hydrogens is 392 g/mol. The summed E-state index contributed by atoms with van der Waals surface area (Å²) in [5.41, 5.74) is -2.08. The Hall–Kier alpha value is -2.83. The van der Waals surface area contributed by atoms with Crippen molar-refractivity contribution in [2.24, 2.45) is 0 Å². The molecule has 0 saturated heterocycles. The number of alkyl halides is 3. The number of ether oxygens (including phenoxy) is 1. The zero-order chi connectivity index (χ0) is 20.2. The predicted molar refractivity (Wildman–Crippen MR) is 87.7 cm³/mol. The van der Waals surface area contributed by atoms with Crippen LogP contribution in [0.25, 0.3) is 0 Å². The second-order valence-electron chi connectivity index (χ2n) is 5.26. The molecule has 2 aromatic rings. The first-order chi connectivity index (χ1) is 12.6. The summed E-state index contributed by atoms with van der Waals surface area (Å²) in [5, 5.41) is 20.4. The topological polar surface area (TPSA) is 82.4 Å². The molecule has 1 amide bonds. The molecule has 0 aliphatic carbocycles. The van der Waals surface area contributed by atoms with E-state index in [0.717, 1.165) is 18.2 Å². The van der Waals surface area contributed by atoms with Crippen LogP contribution in [0.4, 0.5) is 23.2 Å². The van der Waals surface area contributed by atoms with Crippen LogP contribution in [0.2, 0.25) is 5.02 Å². The number of nitriles is 1. The molecule has 0 fully saturated rings. The third kappa shape index (κ3) is 5.32. The lowest BCUT2D eigenvalue weighted by atomic mass is 10.1. The highest BCUT2D eigenvalue weighted by Gasteiger charge is 2.34. The molecule has 142 valence electrons. The average molecular weight is 403 g/mol. The first-order valence-electron chi connectivity index (χ1n) is 7.30. The van der Waals surface area contributed by atoms with Crippen LogP contribution in [0.5, 0.6) is 5.75 Å². The number of benzene rings is 2. The smallest absolute Gasteiger partial charge is 0.417 e. The molecule has 0 saturated carbocycles. The number of carbonyl (C=O) groups is 1. The first kappa shape index (κ1) is 20.5. The van der Waals surface area contributed by atoms with E-state index in [9.17, 15) is 27.5 Å². The Morgan fingerprint density at radius 1 is 1.30 bits per heavy atom. The molecule has 2 rings (SSSR count). The molecule has 0 bridgehead atoms. The summed E-state index contributed by atoms with van der Waals surface area (Å²) in [6.45, 7) is -0.574. The molecule has 0 spiro atoms. The van der Waals surface area contributed by atoms with Gasteiger partial charge in [0, 0.05) is 11.8 Å². The van der Waals surface area contributed by atoms with Crippen molar-refractivity contribution in [3.05, 3.63) is 58.4 Å². The van der Waals surface area contributed by atoms with Gasteiger partial charge in [-0.15, -0.1) is 0 Å². The lowest BCUT2D eigenvalue weighted by molar-refractivity contribution is -0.137. The van der Waals surface area contributed by atoms with Crippen molar-refractivity contribution in [2.75, 3.05) is 11.9 Å². The molecule has 0 aliphatic heterocycles. The van der Waals surface area contributed by atoms with Crippen molar-refractivity contribution >= 4 is 23.2 Å². The molecule has 2 N–H and O–H groups in total. The minimum Gasteiger partial charge on any atom is -0.490 e. The zero-order valence-electron chi connectivity index (χ0n) is 13.3. The molecule has 5 nitrogen and oxygen atoms in total. The molecule has 1 atom stereocenters. The van der Waals surface area contributed by atoms with E-state index in [0.29, 0.717) is 6.07 Å². The Balaban J connectivity index is 2.03. The lowest BCUT2D eigenvalue weighted by Crippen LogP contribution is -2.33. The maximum atomic E-state index is 13.3. The van der Waals surface area contributed by atoms with Gasteiger partial charge >= 0.3 is 6.18 Å². The van der Waals surface area contributed by atoms with Crippen LogP contribution in [0.1, 0.15) is 11.1 Å². The molecule has 2 aromatic carbocycles. The van der Waals surface area contributed by atoms with E-state index < -0.39 is 41.7 Å². The number of halogens is 5. The standard InChI is InChI=1S/C17H11ClF4N2O3/c18-13-4-3-11(6-14(13)19)27-8-15(25)16(26)24-10-2-1-9(7-23)12(5-10)17(20,21)22/h1-6,15,25H,8H2,(H,24,26). The maximum Gasteiger partial charge on any atom is 0.417 e. The monoisotopic (exact) mass is 402 g/mol. The van der Waals surface area contributed by atoms with Crippen molar-refractivity contribution in [2.45, 2.75) is 12.3 Å². The van der Waals surface area contributed by atoms with Crippen molar-refractivity contribution in [1.82, 2.24) is 0 Å². The van der Waals surface area contributed by atoms with Crippen LogP contribution in [-0.4, -0.2) is 23.7 Å². The maximum absolute atomic E-state index is 13.3. The predicted octanol–water partition coefficient (Wildman–Crippen LogP) is 3.75. The van der Waals surface area contributed by atoms with Gasteiger partial charge in [0.15, 0.2) is 6.10 Å². The van der Waals surface area contributed by atoms with Crippen molar-refractivity contribution in [3.8, 4) is 11.8 Å². The number of aliphatic hydroxyl groups is 1. The van der Waals surface area contributed by atoms with Gasteiger partial charge < -0.3 is 15.2 Å². The van der Waals surface area contributed by atoms with Gasteiger partial charge in [0.2, 0.25) is 0 Å². The second-order valence-corrected chi connectivity index (χ2v) is 5.67.